The zero-order valence-electron chi connectivity index (χ0n) is 8.10. The van der Waals surface area contributed by atoms with E-state index in [2.05, 4.69) is 10.2 Å². The quantitative estimate of drug-likeness (QED) is 0.818. The molecule has 90 valence electrons. The van der Waals surface area contributed by atoms with Gasteiger partial charge >= 0.3 is 12.1 Å². The van der Waals surface area contributed by atoms with Gasteiger partial charge in [-0.25, -0.2) is 0 Å². The standard InChI is InChI=1S/C7H8F3N3O2S/c1-13-3-11-12-6(13)16-2-4(5(14)15)7(8,9)10/h3-4H,2H2,1H3,(H,14,15). The topological polar surface area (TPSA) is 68.0 Å². The minimum atomic E-state index is -4.75. The zero-order valence-corrected chi connectivity index (χ0v) is 8.92. The van der Waals surface area contributed by atoms with Crippen molar-refractivity contribution in [2.45, 2.75) is 11.3 Å². The van der Waals surface area contributed by atoms with Crippen molar-refractivity contribution >= 4 is 17.7 Å². The number of carboxylic acids is 1. The number of hydrogen-bond donors (Lipinski definition) is 1. The second-order valence-corrected chi connectivity index (χ2v) is 3.96. The average molecular weight is 255 g/mol. The van der Waals surface area contributed by atoms with E-state index in [1.54, 1.807) is 7.05 Å². The molecule has 1 aromatic rings. The first kappa shape index (κ1) is 12.8. The summed E-state index contributed by atoms with van der Waals surface area (Å²) in [5.74, 6) is -4.90. The van der Waals surface area contributed by atoms with Gasteiger partial charge in [0, 0.05) is 12.8 Å². The molecule has 0 saturated heterocycles. The van der Waals surface area contributed by atoms with Gasteiger partial charge in [-0.15, -0.1) is 10.2 Å². The molecule has 1 heterocycles. The molecular formula is C7H8F3N3O2S. The first-order valence-corrected chi connectivity index (χ1v) is 5.07. The second kappa shape index (κ2) is 4.73. The van der Waals surface area contributed by atoms with Crippen LogP contribution in [0.4, 0.5) is 13.2 Å². The first-order valence-electron chi connectivity index (χ1n) is 4.08. The third-order valence-electron chi connectivity index (χ3n) is 1.74. The van der Waals surface area contributed by atoms with Gasteiger partial charge in [-0.2, -0.15) is 13.2 Å². The summed E-state index contributed by atoms with van der Waals surface area (Å²) < 4.78 is 38.2. The van der Waals surface area contributed by atoms with E-state index in [9.17, 15) is 18.0 Å². The fourth-order valence-electron chi connectivity index (χ4n) is 0.867. The molecule has 9 heteroatoms. The molecule has 1 N–H and O–H groups in total. The Morgan fingerprint density at radius 2 is 2.31 bits per heavy atom. The number of rotatable bonds is 4. The summed E-state index contributed by atoms with van der Waals surface area (Å²) in [5, 5.41) is 15.7. The lowest BCUT2D eigenvalue weighted by molar-refractivity contribution is -0.188. The van der Waals surface area contributed by atoms with E-state index >= 15 is 0 Å². The maximum absolute atomic E-state index is 12.3. The fraction of sp³-hybridized carbons (Fsp3) is 0.571. The number of nitrogens with zero attached hydrogens (tertiary/aromatic N) is 3. The lowest BCUT2D eigenvalue weighted by Crippen LogP contribution is -2.32. The Labute approximate surface area is 92.7 Å². The largest absolute Gasteiger partial charge is 0.481 e. The highest BCUT2D eigenvalue weighted by molar-refractivity contribution is 7.99. The summed E-state index contributed by atoms with van der Waals surface area (Å²) >= 11 is 0.706. The maximum Gasteiger partial charge on any atom is 0.403 e. The molecule has 0 saturated carbocycles. The van der Waals surface area contributed by atoms with Gasteiger partial charge in [-0.3, -0.25) is 4.79 Å². The molecule has 0 aliphatic heterocycles. The van der Waals surface area contributed by atoms with Gasteiger partial charge in [0.05, 0.1) is 0 Å². The van der Waals surface area contributed by atoms with Crippen molar-refractivity contribution in [2.75, 3.05) is 5.75 Å². The predicted octanol–water partition coefficient (Wildman–Crippen LogP) is 1.17. The molecule has 5 nitrogen and oxygen atoms in total. The Morgan fingerprint density at radius 3 is 2.69 bits per heavy atom. The summed E-state index contributed by atoms with van der Waals surface area (Å²) in [4.78, 5) is 10.4. The zero-order chi connectivity index (χ0) is 12.3. The van der Waals surface area contributed by atoms with Crippen LogP contribution in [-0.2, 0) is 11.8 Å². The van der Waals surface area contributed by atoms with Gasteiger partial charge in [0.1, 0.15) is 6.33 Å². The number of alkyl halides is 3. The fourth-order valence-corrected chi connectivity index (χ4v) is 1.87. The highest BCUT2D eigenvalue weighted by Crippen LogP contribution is 2.31. The van der Waals surface area contributed by atoms with E-state index in [-0.39, 0.29) is 5.16 Å². The van der Waals surface area contributed by atoms with E-state index in [0.29, 0.717) is 11.8 Å². The number of aromatic nitrogens is 3. The average Bonchev–Trinajstić information content (AvgIpc) is 2.49. The molecule has 1 rings (SSSR count). The summed E-state index contributed by atoms with van der Waals surface area (Å²) in [6.45, 7) is 0. The molecule has 1 atom stereocenters. The summed E-state index contributed by atoms with van der Waals surface area (Å²) in [6, 6.07) is 0. The minimum absolute atomic E-state index is 0.246. The molecule has 0 amide bonds. The van der Waals surface area contributed by atoms with Crippen molar-refractivity contribution < 1.29 is 23.1 Å². The highest BCUT2D eigenvalue weighted by atomic mass is 32.2. The van der Waals surface area contributed by atoms with Crippen LogP contribution in [0.2, 0.25) is 0 Å². The van der Waals surface area contributed by atoms with Crippen LogP contribution >= 0.6 is 11.8 Å². The van der Waals surface area contributed by atoms with Crippen LogP contribution in [-0.4, -0.2) is 37.8 Å². The van der Waals surface area contributed by atoms with Crippen LogP contribution < -0.4 is 0 Å². The Balaban J connectivity index is 2.65. The van der Waals surface area contributed by atoms with E-state index < -0.39 is 23.8 Å². The number of aryl methyl sites for hydroxylation is 1. The Morgan fingerprint density at radius 1 is 1.69 bits per heavy atom. The Bertz CT molecular complexity index is 379. The molecule has 1 aromatic heterocycles. The second-order valence-electron chi connectivity index (χ2n) is 2.97. The molecule has 0 aliphatic carbocycles. The number of thioether (sulfide) groups is 1. The van der Waals surface area contributed by atoms with Crippen molar-refractivity contribution in [3.8, 4) is 0 Å². The number of hydrogen-bond acceptors (Lipinski definition) is 4. The molecule has 0 aliphatic rings. The van der Waals surface area contributed by atoms with Gasteiger partial charge in [0.15, 0.2) is 11.1 Å². The molecule has 0 fully saturated rings. The van der Waals surface area contributed by atoms with Crippen LogP contribution in [0.5, 0.6) is 0 Å². The molecule has 0 bridgehead atoms. The molecule has 16 heavy (non-hydrogen) atoms. The van der Waals surface area contributed by atoms with Gasteiger partial charge in [0.2, 0.25) is 0 Å². The van der Waals surface area contributed by atoms with Crippen molar-refractivity contribution in [2.24, 2.45) is 13.0 Å². The van der Waals surface area contributed by atoms with Crippen molar-refractivity contribution in [1.82, 2.24) is 14.8 Å². The third-order valence-corrected chi connectivity index (χ3v) is 2.87. The van der Waals surface area contributed by atoms with Gasteiger partial charge in [0.25, 0.3) is 0 Å². The molecule has 0 radical (unpaired) electrons. The number of carboxylic acid groups (broad SMARTS) is 1. The highest BCUT2D eigenvalue weighted by Gasteiger charge is 2.45. The molecule has 0 spiro atoms. The lowest BCUT2D eigenvalue weighted by Gasteiger charge is -2.14. The van der Waals surface area contributed by atoms with Gasteiger partial charge in [-0.1, -0.05) is 11.8 Å². The number of aliphatic carboxylic acids is 1. The summed E-state index contributed by atoms with van der Waals surface area (Å²) in [7, 11) is 1.56. The Kier molecular flexibility index (Phi) is 3.79. The van der Waals surface area contributed by atoms with E-state index in [1.165, 1.54) is 10.9 Å². The van der Waals surface area contributed by atoms with E-state index in [0.717, 1.165) is 0 Å². The Hall–Kier alpha value is -1.25. The van der Waals surface area contributed by atoms with E-state index in [4.69, 9.17) is 5.11 Å². The first-order chi connectivity index (χ1) is 7.32. The van der Waals surface area contributed by atoms with Crippen molar-refractivity contribution in [3.05, 3.63) is 6.33 Å². The van der Waals surface area contributed by atoms with Crippen LogP contribution in [0, 0.1) is 5.92 Å². The van der Waals surface area contributed by atoms with Crippen LogP contribution in [0.15, 0.2) is 11.5 Å². The SMILES string of the molecule is Cn1cnnc1SCC(C(=O)O)C(F)(F)F. The van der Waals surface area contributed by atoms with Gasteiger partial charge < -0.3 is 9.67 Å². The summed E-state index contributed by atoms with van der Waals surface area (Å²) in [5.41, 5.74) is 0. The number of halogens is 3. The van der Waals surface area contributed by atoms with Crippen LogP contribution in [0.3, 0.4) is 0 Å². The van der Waals surface area contributed by atoms with E-state index in [1.807, 2.05) is 0 Å². The summed E-state index contributed by atoms with van der Waals surface area (Å²) in [6.07, 6.45) is -3.43. The van der Waals surface area contributed by atoms with Crippen LogP contribution in [0.1, 0.15) is 0 Å². The van der Waals surface area contributed by atoms with Crippen molar-refractivity contribution in [1.29, 1.82) is 0 Å². The maximum atomic E-state index is 12.3. The predicted molar refractivity (Wildman–Crippen MR) is 48.9 cm³/mol. The minimum Gasteiger partial charge on any atom is -0.481 e. The monoisotopic (exact) mass is 255 g/mol. The third kappa shape index (κ3) is 3.12. The molecule has 1 unspecified atom stereocenters. The molecule has 0 aromatic carbocycles. The molecular weight excluding hydrogens is 247 g/mol. The number of carbonyl (C=O) groups is 1. The van der Waals surface area contributed by atoms with Gasteiger partial charge in [-0.05, 0) is 0 Å². The normalized spacial score (nSPS) is 13.8. The smallest absolute Gasteiger partial charge is 0.403 e. The van der Waals surface area contributed by atoms with Crippen LogP contribution in [0.25, 0.3) is 0 Å². The lowest BCUT2D eigenvalue weighted by atomic mass is 10.2. The van der Waals surface area contributed by atoms with Crippen molar-refractivity contribution in [3.63, 3.8) is 0 Å².